The minimum Gasteiger partial charge on any atom is -0.492 e. The summed E-state index contributed by atoms with van der Waals surface area (Å²) >= 11 is 0. The largest absolute Gasteiger partial charge is 0.492 e. The molecule has 0 aliphatic carbocycles. The van der Waals surface area contributed by atoms with E-state index in [1.807, 2.05) is 75.4 Å². The predicted octanol–water partition coefficient (Wildman–Crippen LogP) is 4.82. The van der Waals surface area contributed by atoms with E-state index in [1.54, 1.807) is 4.90 Å². The zero-order chi connectivity index (χ0) is 42.1. The lowest BCUT2D eigenvalue weighted by atomic mass is 9.85. The molecule has 0 saturated carbocycles. The van der Waals surface area contributed by atoms with Gasteiger partial charge in [0.1, 0.15) is 12.4 Å². The maximum absolute atomic E-state index is 14.4. The number of nitrogens with one attached hydrogen (secondary N) is 3. The van der Waals surface area contributed by atoms with E-state index in [2.05, 4.69) is 16.0 Å². The maximum Gasteiger partial charge on any atom is 0.307 e. The fraction of sp³-hybridized carbons (Fsp3) is 0.532. The molecule has 59 heavy (non-hydrogen) atoms. The van der Waals surface area contributed by atoms with Crippen LogP contribution in [0.2, 0.25) is 0 Å². The molecule has 3 fully saturated rings. The maximum atomic E-state index is 14.4. The molecule has 0 bridgehead atoms. The molecule has 6 atom stereocenters. The van der Waals surface area contributed by atoms with Gasteiger partial charge in [0.2, 0.25) is 5.91 Å². The molecule has 3 heterocycles. The highest BCUT2D eigenvalue weighted by molar-refractivity contribution is 5.79. The van der Waals surface area contributed by atoms with Crippen molar-refractivity contribution in [3.63, 3.8) is 0 Å². The number of aryl methyl sites for hydroxylation is 3. The molecule has 0 unspecified atom stereocenters. The van der Waals surface area contributed by atoms with Crippen LogP contribution in [0.1, 0.15) is 63.8 Å². The molecule has 0 radical (unpaired) electrons. The number of carbonyl (C=O) groups is 4. The summed E-state index contributed by atoms with van der Waals surface area (Å²) in [6.07, 6.45) is 3.81. The lowest BCUT2D eigenvalue weighted by Gasteiger charge is -2.25. The Hall–Kier alpha value is -4.78. The average Bonchev–Trinajstić information content (AvgIpc) is 3.99. The van der Waals surface area contributed by atoms with Gasteiger partial charge in [-0.25, -0.2) is 0 Å². The molecule has 0 spiro atoms. The van der Waals surface area contributed by atoms with Crippen molar-refractivity contribution in [2.45, 2.75) is 72.3 Å². The highest BCUT2D eigenvalue weighted by Crippen LogP contribution is 2.29. The van der Waals surface area contributed by atoms with Crippen molar-refractivity contribution in [1.82, 2.24) is 20.9 Å². The lowest BCUT2D eigenvalue weighted by Crippen LogP contribution is -2.35. The van der Waals surface area contributed by atoms with Gasteiger partial charge in [-0.15, -0.1) is 0 Å². The van der Waals surface area contributed by atoms with Gasteiger partial charge in [-0.3, -0.25) is 19.2 Å². The highest BCUT2D eigenvalue weighted by Gasteiger charge is 2.33. The molecule has 6 N–H and O–H groups in total. The molecule has 3 aromatic carbocycles. The number of aliphatic carboxylic acids is 3. The van der Waals surface area contributed by atoms with E-state index in [9.17, 15) is 34.5 Å². The molecule has 3 aliphatic heterocycles. The summed E-state index contributed by atoms with van der Waals surface area (Å²) in [6, 6.07) is 17.9. The van der Waals surface area contributed by atoms with Gasteiger partial charge < -0.3 is 40.9 Å². The first kappa shape index (κ1) is 43.8. The van der Waals surface area contributed by atoms with Crippen molar-refractivity contribution in [2.75, 3.05) is 52.4 Å². The molecule has 3 saturated heterocycles. The van der Waals surface area contributed by atoms with Gasteiger partial charge in [0, 0.05) is 6.54 Å². The SMILES string of the molecule is Cc1cc(CC(=O)N(CCOc2cc(C)cc(C[C@H](C(=O)O)[C@H]3CCNC3)c2)Cc2cc(C)cc(C[C@H](C(=O)O)[C@H]3CCNC3)c2)cc(C[C@H](C(=O)O)[C@H]2CCNC2)c1. The number of hydrogen-bond acceptors (Lipinski definition) is 8. The van der Waals surface area contributed by atoms with E-state index in [0.717, 1.165) is 83.4 Å². The standard InChI is InChI=1S/C47H62N4O8/c1-29-12-32(21-41(45(53)54)37-4-7-48-25-37)18-34(14-29)24-44(52)51(28-36-16-30(2)13-33(19-36)22-42(46(55)56)38-5-8-49-26-38)10-11-59-40-17-31(3)15-35(20-40)23-43(47(57)58)39-6-9-50-27-39/h12-20,37-39,41-43,48-50H,4-11,21-28H2,1-3H3,(H,53,54)(H,55,56)(H,57,58)/t37-,38-,39-,41-,42-,43-/m0/s1. The van der Waals surface area contributed by atoms with Crippen LogP contribution in [-0.4, -0.2) is 96.5 Å². The Morgan fingerprint density at radius 3 is 1.44 bits per heavy atom. The Kier molecular flexibility index (Phi) is 15.2. The first-order chi connectivity index (χ1) is 28.3. The minimum absolute atomic E-state index is 0.0566. The van der Waals surface area contributed by atoms with Crippen LogP contribution in [0.15, 0.2) is 54.6 Å². The van der Waals surface area contributed by atoms with E-state index in [1.165, 1.54) is 0 Å². The third-order valence-electron chi connectivity index (χ3n) is 12.5. The van der Waals surface area contributed by atoms with Gasteiger partial charge in [-0.1, -0.05) is 53.6 Å². The number of benzene rings is 3. The third kappa shape index (κ3) is 12.4. The van der Waals surface area contributed by atoms with Crippen molar-refractivity contribution < 1.29 is 39.2 Å². The van der Waals surface area contributed by atoms with Crippen LogP contribution >= 0.6 is 0 Å². The third-order valence-corrected chi connectivity index (χ3v) is 12.5. The average molecular weight is 811 g/mol. The summed E-state index contributed by atoms with van der Waals surface area (Å²) in [5, 5.41) is 40.2. The molecule has 0 aromatic heterocycles. The molecule has 6 rings (SSSR count). The van der Waals surface area contributed by atoms with Gasteiger partial charge in [-0.05, 0) is 162 Å². The Bertz CT molecular complexity index is 1950. The van der Waals surface area contributed by atoms with Crippen molar-refractivity contribution in [1.29, 1.82) is 0 Å². The van der Waals surface area contributed by atoms with Crippen LogP contribution in [-0.2, 0) is 51.4 Å². The topological polar surface area (TPSA) is 178 Å². The zero-order valence-electron chi connectivity index (χ0n) is 34.8. The number of nitrogens with zero attached hydrogens (tertiary/aromatic N) is 1. The van der Waals surface area contributed by atoms with Gasteiger partial charge in [0.25, 0.3) is 0 Å². The van der Waals surface area contributed by atoms with Crippen molar-refractivity contribution >= 4 is 23.8 Å². The second-order valence-corrected chi connectivity index (χ2v) is 17.4. The lowest BCUT2D eigenvalue weighted by molar-refractivity contribution is -0.144. The molecule has 318 valence electrons. The number of carbonyl (C=O) groups excluding carboxylic acids is 1. The Morgan fingerprint density at radius 1 is 0.593 bits per heavy atom. The number of rotatable bonds is 20. The predicted molar refractivity (Wildman–Crippen MR) is 226 cm³/mol. The first-order valence-corrected chi connectivity index (χ1v) is 21.3. The minimum atomic E-state index is -0.801. The van der Waals surface area contributed by atoms with E-state index < -0.39 is 35.7 Å². The molecule has 12 heteroatoms. The van der Waals surface area contributed by atoms with Crippen LogP contribution in [0.25, 0.3) is 0 Å². The monoisotopic (exact) mass is 810 g/mol. The summed E-state index contributed by atoms with van der Waals surface area (Å²) in [5.41, 5.74) is 7.37. The summed E-state index contributed by atoms with van der Waals surface area (Å²) in [7, 11) is 0. The second-order valence-electron chi connectivity index (χ2n) is 17.4. The van der Waals surface area contributed by atoms with Crippen LogP contribution in [0, 0.1) is 56.3 Å². The fourth-order valence-corrected chi connectivity index (χ4v) is 9.61. The number of hydrogen-bond donors (Lipinski definition) is 6. The number of amides is 1. The van der Waals surface area contributed by atoms with Gasteiger partial charge in [0.15, 0.2) is 0 Å². The van der Waals surface area contributed by atoms with Crippen LogP contribution < -0.4 is 20.7 Å². The van der Waals surface area contributed by atoms with Gasteiger partial charge >= 0.3 is 17.9 Å². The Balaban J connectivity index is 1.21. The van der Waals surface area contributed by atoms with E-state index in [-0.39, 0.29) is 43.2 Å². The van der Waals surface area contributed by atoms with Crippen molar-refractivity contribution in [3.05, 3.63) is 99.1 Å². The highest BCUT2D eigenvalue weighted by atomic mass is 16.5. The van der Waals surface area contributed by atoms with Gasteiger partial charge in [0.05, 0.1) is 30.7 Å². The Morgan fingerprint density at radius 2 is 1.00 bits per heavy atom. The first-order valence-electron chi connectivity index (χ1n) is 21.3. The summed E-state index contributed by atoms with van der Waals surface area (Å²) in [4.78, 5) is 53.1. The molecular weight excluding hydrogens is 749 g/mol. The smallest absolute Gasteiger partial charge is 0.307 e. The molecule has 1 amide bonds. The van der Waals surface area contributed by atoms with Gasteiger partial charge in [-0.2, -0.15) is 0 Å². The second kappa shape index (κ2) is 20.5. The van der Waals surface area contributed by atoms with Crippen molar-refractivity contribution in [2.24, 2.45) is 35.5 Å². The van der Waals surface area contributed by atoms with Crippen molar-refractivity contribution in [3.8, 4) is 5.75 Å². The summed E-state index contributed by atoms with van der Waals surface area (Å²) in [6.45, 7) is 11.2. The Labute approximate surface area is 348 Å². The molecule has 3 aromatic rings. The summed E-state index contributed by atoms with van der Waals surface area (Å²) < 4.78 is 6.31. The fourth-order valence-electron chi connectivity index (χ4n) is 9.61. The number of carboxylic acid groups (broad SMARTS) is 3. The van der Waals surface area contributed by atoms with Crippen LogP contribution in [0.3, 0.4) is 0 Å². The van der Waals surface area contributed by atoms with Crippen LogP contribution in [0.4, 0.5) is 0 Å². The molecule has 12 nitrogen and oxygen atoms in total. The van der Waals surface area contributed by atoms with Crippen LogP contribution in [0.5, 0.6) is 5.75 Å². The molecular formula is C47H62N4O8. The quantitative estimate of drug-likeness (QED) is 0.0923. The zero-order valence-corrected chi connectivity index (χ0v) is 34.8. The van der Waals surface area contributed by atoms with E-state index in [4.69, 9.17) is 4.74 Å². The molecule has 3 aliphatic rings. The normalized spacial score (nSPS) is 20.6. The summed E-state index contributed by atoms with van der Waals surface area (Å²) in [5.74, 6) is -3.21. The van der Waals surface area contributed by atoms with E-state index >= 15 is 0 Å². The number of carboxylic acids is 3. The van der Waals surface area contributed by atoms with E-state index in [0.29, 0.717) is 51.2 Å². The number of ether oxygens (including phenoxy) is 1.